The van der Waals surface area contributed by atoms with Crippen LogP contribution >= 0.6 is 0 Å². The molecule has 0 spiro atoms. The van der Waals surface area contributed by atoms with Crippen LogP contribution in [0.25, 0.3) is 0 Å². The van der Waals surface area contributed by atoms with Crippen molar-refractivity contribution in [1.82, 2.24) is 0 Å². The van der Waals surface area contributed by atoms with E-state index in [4.69, 9.17) is 10.00 Å². The molecule has 4 atom stereocenters. The standard InChI is InChI=1S/C29H33F2NO2/c1-2-3-4-5-19-6-7-21-15-22(9-8-20(21)14-19)26-13-11-23(16-28(26)31)29(33)34-25-12-10-24(18-32)27(30)17-25/h10-13,16-17,19-22H,2-9,14-15H2,1H3/t19-,20-,21+,22?/m0/s1. The lowest BCUT2D eigenvalue weighted by atomic mass is 9.63. The maximum Gasteiger partial charge on any atom is 0.343 e. The van der Waals surface area contributed by atoms with Crippen LogP contribution in [0.15, 0.2) is 36.4 Å². The molecular formula is C29H33F2NO2. The summed E-state index contributed by atoms with van der Waals surface area (Å²) in [5.41, 5.74) is 0.645. The Morgan fingerprint density at radius 3 is 2.53 bits per heavy atom. The van der Waals surface area contributed by atoms with Crippen LogP contribution < -0.4 is 4.74 Å². The Balaban J connectivity index is 1.36. The van der Waals surface area contributed by atoms with Crippen molar-refractivity contribution >= 4 is 5.97 Å². The van der Waals surface area contributed by atoms with Gasteiger partial charge in [0.2, 0.25) is 0 Å². The van der Waals surface area contributed by atoms with E-state index in [-0.39, 0.29) is 28.6 Å². The van der Waals surface area contributed by atoms with Crippen molar-refractivity contribution in [2.75, 3.05) is 0 Å². The van der Waals surface area contributed by atoms with Crippen molar-refractivity contribution in [3.8, 4) is 11.8 Å². The summed E-state index contributed by atoms with van der Waals surface area (Å²) in [4.78, 5) is 12.5. The summed E-state index contributed by atoms with van der Waals surface area (Å²) >= 11 is 0. The quantitative estimate of drug-likeness (QED) is 0.237. The zero-order chi connectivity index (χ0) is 24.1. The molecule has 0 aliphatic heterocycles. The minimum absolute atomic E-state index is 0.0189. The van der Waals surface area contributed by atoms with Crippen LogP contribution in [0.5, 0.6) is 5.75 Å². The number of halogens is 2. The van der Waals surface area contributed by atoms with Gasteiger partial charge in [-0.05, 0) is 85.6 Å². The normalized spacial score (nSPS) is 24.2. The van der Waals surface area contributed by atoms with Gasteiger partial charge in [-0.1, -0.05) is 45.1 Å². The first-order chi connectivity index (χ1) is 16.5. The summed E-state index contributed by atoms with van der Waals surface area (Å²) in [7, 11) is 0. The Morgan fingerprint density at radius 1 is 1.00 bits per heavy atom. The van der Waals surface area contributed by atoms with Gasteiger partial charge in [0.15, 0.2) is 0 Å². The fraction of sp³-hybridized carbons (Fsp3) is 0.517. The molecule has 0 N–H and O–H groups in total. The first-order valence-corrected chi connectivity index (χ1v) is 12.7. The number of unbranched alkanes of at least 4 members (excludes halogenated alkanes) is 2. The molecule has 180 valence electrons. The number of rotatable bonds is 7. The van der Waals surface area contributed by atoms with E-state index in [1.165, 1.54) is 63.1 Å². The summed E-state index contributed by atoms with van der Waals surface area (Å²) in [6.45, 7) is 2.25. The van der Waals surface area contributed by atoms with E-state index >= 15 is 4.39 Å². The molecule has 2 aromatic rings. The van der Waals surface area contributed by atoms with Gasteiger partial charge in [-0.25, -0.2) is 13.6 Å². The van der Waals surface area contributed by atoms with Crippen LogP contribution in [0.3, 0.4) is 0 Å². The fourth-order valence-corrected chi connectivity index (χ4v) is 6.02. The molecule has 0 bridgehead atoms. The van der Waals surface area contributed by atoms with Crippen LogP contribution in [-0.4, -0.2) is 5.97 Å². The molecule has 0 amide bonds. The molecule has 4 rings (SSSR count). The number of hydrogen-bond acceptors (Lipinski definition) is 3. The number of nitriles is 1. The summed E-state index contributed by atoms with van der Waals surface area (Å²) in [5, 5.41) is 8.81. The highest BCUT2D eigenvalue weighted by atomic mass is 19.1. The Hall–Kier alpha value is -2.74. The van der Waals surface area contributed by atoms with Gasteiger partial charge >= 0.3 is 5.97 Å². The van der Waals surface area contributed by atoms with Gasteiger partial charge in [0.05, 0.1) is 11.1 Å². The molecule has 2 aromatic carbocycles. The summed E-state index contributed by atoms with van der Waals surface area (Å²) in [6.07, 6.45) is 12.4. The van der Waals surface area contributed by atoms with E-state index in [1.807, 2.05) is 0 Å². The summed E-state index contributed by atoms with van der Waals surface area (Å²) in [6, 6.07) is 9.84. The van der Waals surface area contributed by atoms with E-state index in [0.717, 1.165) is 37.2 Å². The number of carbonyl (C=O) groups is 1. The second-order valence-electron chi connectivity index (χ2n) is 10.1. The van der Waals surface area contributed by atoms with Crippen LogP contribution in [0.1, 0.15) is 98.5 Å². The third-order valence-corrected chi connectivity index (χ3v) is 7.89. The van der Waals surface area contributed by atoms with E-state index in [9.17, 15) is 9.18 Å². The van der Waals surface area contributed by atoms with Gasteiger partial charge in [0, 0.05) is 6.07 Å². The van der Waals surface area contributed by atoms with Gasteiger partial charge in [0.25, 0.3) is 0 Å². The van der Waals surface area contributed by atoms with Crippen molar-refractivity contribution in [3.63, 3.8) is 0 Å². The van der Waals surface area contributed by atoms with E-state index in [1.54, 1.807) is 18.2 Å². The molecule has 0 saturated heterocycles. The zero-order valence-electron chi connectivity index (χ0n) is 19.9. The van der Waals surface area contributed by atoms with Gasteiger partial charge in [-0.2, -0.15) is 5.26 Å². The first-order valence-electron chi connectivity index (χ1n) is 12.7. The topological polar surface area (TPSA) is 50.1 Å². The summed E-state index contributed by atoms with van der Waals surface area (Å²) < 4.78 is 34.0. The Bertz CT molecular complexity index is 1060. The Morgan fingerprint density at radius 2 is 1.79 bits per heavy atom. The van der Waals surface area contributed by atoms with Gasteiger partial charge in [-0.3, -0.25) is 0 Å². The van der Waals surface area contributed by atoms with Crippen LogP contribution in [-0.2, 0) is 0 Å². The highest BCUT2D eigenvalue weighted by Crippen LogP contribution is 2.48. The molecule has 0 heterocycles. The minimum Gasteiger partial charge on any atom is -0.423 e. The number of carbonyl (C=O) groups excluding carboxylic acids is 1. The average molecular weight is 466 g/mol. The molecule has 3 nitrogen and oxygen atoms in total. The molecule has 2 aliphatic carbocycles. The van der Waals surface area contributed by atoms with Gasteiger partial charge in [-0.15, -0.1) is 0 Å². The second kappa shape index (κ2) is 11.1. The third-order valence-electron chi connectivity index (χ3n) is 7.89. The average Bonchev–Trinajstić information content (AvgIpc) is 2.84. The van der Waals surface area contributed by atoms with Crippen molar-refractivity contribution in [2.24, 2.45) is 17.8 Å². The van der Waals surface area contributed by atoms with Crippen LogP contribution in [0, 0.1) is 40.7 Å². The first kappa shape index (κ1) is 24.4. The SMILES string of the molecule is CCCCC[C@H]1CC[C@@H]2CC(c3ccc(C(=O)Oc4ccc(C#N)c(F)c4)cc3F)CC[C@H]2C1. The molecular weight excluding hydrogens is 432 g/mol. The van der Waals surface area contributed by atoms with E-state index in [0.29, 0.717) is 11.5 Å². The number of benzene rings is 2. The number of fused-ring (bicyclic) bond motifs is 1. The molecule has 2 fully saturated rings. The van der Waals surface area contributed by atoms with Gasteiger partial charge in [0.1, 0.15) is 23.5 Å². The van der Waals surface area contributed by atoms with Crippen molar-refractivity contribution in [2.45, 2.75) is 77.0 Å². The Labute approximate surface area is 201 Å². The molecule has 34 heavy (non-hydrogen) atoms. The Kier molecular flexibility index (Phi) is 7.98. The predicted molar refractivity (Wildman–Crippen MR) is 128 cm³/mol. The monoisotopic (exact) mass is 465 g/mol. The lowest BCUT2D eigenvalue weighted by Gasteiger charge is -2.42. The maximum atomic E-state index is 15.1. The molecule has 0 aromatic heterocycles. The minimum atomic E-state index is -0.764. The van der Waals surface area contributed by atoms with Crippen molar-refractivity contribution < 1.29 is 18.3 Å². The third kappa shape index (κ3) is 5.66. The van der Waals surface area contributed by atoms with Crippen molar-refractivity contribution in [1.29, 1.82) is 5.26 Å². The molecule has 5 heteroatoms. The van der Waals surface area contributed by atoms with Crippen molar-refractivity contribution in [3.05, 3.63) is 64.7 Å². The summed E-state index contributed by atoms with van der Waals surface area (Å²) in [5.74, 6) is 0.608. The second-order valence-corrected chi connectivity index (χ2v) is 10.1. The van der Waals surface area contributed by atoms with Crippen LogP contribution in [0.2, 0.25) is 0 Å². The smallest absolute Gasteiger partial charge is 0.343 e. The van der Waals surface area contributed by atoms with Crippen LogP contribution in [0.4, 0.5) is 8.78 Å². The molecule has 2 saturated carbocycles. The number of hydrogen-bond donors (Lipinski definition) is 0. The number of ether oxygens (including phenoxy) is 1. The van der Waals surface area contributed by atoms with Gasteiger partial charge < -0.3 is 4.74 Å². The van der Waals surface area contributed by atoms with E-state index < -0.39 is 11.8 Å². The fourth-order valence-electron chi connectivity index (χ4n) is 6.02. The largest absolute Gasteiger partial charge is 0.423 e. The molecule has 1 unspecified atom stereocenters. The maximum absolute atomic E-state index is 15.1. The highest BCUT2D eigenvalue weighted by molar-refractivity contribution is 5.91. The highest BCUT2D eigenvalue weighted by Gasteiger charge is 2.36. The van der Waals surface area contributed by atoms with E-state index in [2.05, 4.69) is 6.92 Å². The molecule has 2 aliphatic rings. The number of nitrogens with zero attached hydrogens (tertiary/aromatic N) is 1. The zero-order valence-corrected chi connectivity index (χ0v) is 19.9. The molecule has 0 radical (unpaired) electrons. The predicted octanol–water partition coefficient (Wildman–Crippen LogP) is 7.94. The lowest BCUT2D eigenvalue weighted by molar-refractivity contribution is 0.0733. The number of esters is 1. The lowest BCUT2D eigenvalue weighted by Crippen LogP contribution is -2.30.